The molecule has 0 aromatic heterocycles. The molecule has 0 spiro atoms. The number of nitrogens with zero attached hydrogens (tertiary/aromatic N) is 1. The van der Waals surface area contributed by atoms with Crippen molar-refractivity contribution in [2.75, 3.05) is 6.61 Å². The molecule has 25 heavy (non-hydrogen) atoms. The van der Waals surface area contributed by atoms with Gasteiger partial charge in [-0.1, -0.05) is 43.9 Å². The van der Waals surface area contributed by atoms with Crippen molar-refractivity contribution in [2.24, 2.45) is 5.10 Å². The fourth-order valence-corrected chi connectivity index (χ4v) is 2.30. The molecule has 0 saturated carbocycles. The molecule has 0 aliphatic carbocycles. The highest BCUT2D eigenvalue weighted by atomic mass is 16.5. The molecule has 4 heteroatoms. The molecule has 0 unspecified atom stereocenters. The highest BCUT2D eigenvalue weighted by molar-refractivity contribution is 5.94. The molecule has 0 fully saturated rings. The van der Waals surface area contributed by atoms with E-state index in [1.165, 1.54) is 19.3 Å². The molecule has 0 atom stereocenters. The summed E-state index contributed by atoms with van der Waals surface area (Å²) >= 11 is 0. The van der Waals surface area contributed by atoms with Gasteiger partial charge in [-0.25, -0.2) is 5.43 Å². The average molecular weight is 338 g/mol. The van der Waals surface area contributed by atoms with Crippen LogP contribution in [0.1, 0.15) is 54.1 Å². The Balaban J connectivity index is 1.77. The standard InChI is InChI=1S/C21H26N2O2/c1-3-4-5-6-15-25-20-13-9-18(10-14-20)16-22-23-21(24)19-11-7-17(2)8-12-19/h7-14,16H,3-6,15H2,1-2H3,(H,23,24)/b22-16-. The second kappa shape index (κ2) is 10.3. The summed E-state index contributed by atoms with van der Waals surface area (Å²) in [6, 6.07) is 15.1. The van der Waals surface area contributed by atoms with E-state index in [9.17, 15) is 4.79 Å². The molecule has 0 bridgehead atoms. The summed E-state index contributed by atoms with van der Waals surface area (Å²) in [4.78, 5) is 11.9. The summed E-state index contributed by atoms with van der Waals surface area (Å²) < 4.78 is 5.70. The molecule has 4 nitrogen and oxygen atoms in total. The molecule has 0 saturated heterocycles. The van der Waals surface area contributed by atoms with Gasteiger partial charge in [0.05, 0.1) is 12.8 Å². The van der Waals surface area contributed by atoms with Crippen LogP contribution in [0.25, 0.3) is 0 Å². The maximum Gasteiger partial charge on any atom is 0.271 e. The maximum absolute atomic E-state index is 11.9. The predicted molar refractivity (Wildman–Crippen MR) is 102 cm³/mol. The van der Waals surface area contributed by atoms with Crippen molar-refractivity contribution in [1.82, 2.24) is 5.43 Å². The minimum atomic E-state index is -0.219. The van der Waals surface area contributed by atoms with E-state index in [-0.39, 0.29) is 5.91 Å². The molecule has 0 aliphatic rings. The van der Waals surface area contributed by atoms with Crippen molar-refractivity contribution in [3.63, 3.8) is 0 Å². The Labute approximate surface area is 149 Å². The SMILES string of the molecule is CCCCCCOc1ccc(/C=N\NC(=O)c2ccc(C)cc2)cc1. The molecule has 0 heterocycles. The number of nitrogens with one attached hydrogen (secondary N) is 1. The molecule has 1 amide bonds. The molecule has 1 N–H and O–H groups in total. The van der Waals surface area contributed by atoms with Gasteiger partial charge in [0.25, 0.3) is 5.91 Å². The zero-order chi connectivity index (χ0) is 17.9. The summed E-state index contributed by atoms with van der Waals surface area (Å²) in [6.07, 6.45) is 6.41. The van der Waals surface area contributed by atoms with Crippen LogP contribution in [0.3, 0.4) is 0 Å². The van der Waals surface area contributed by atoms with Gasteiger partial charge in [0, 0.05) is 5.56 Å². The number of ether oxygens (including phenoxy) is 1. The van der Waals surface area contributed by atoms with E-state index in [4.69, 9.17) is 4.74 Å². The first kappa shape index (κ1) is 18.7. The lowest BCUT2D eigenvalue weighted by molar-refractivity contribution is 0.0955. The Hall–Kier alpha value is -2.62. The van der Waals surface area contributed by atoms with E-state index in [0.717, 1.165) is 29.9 Å². The summed E-state index contributed by atoms with van der Waals surface area (Å²) in [5.74, 6) is 0.639. The molecule has 2 aromatic carbocycles. The summed E-state index contributed by atoms with van der Waals surface area (Å²) in [5.41, 5.74) is 5.15. The van der Waals surface area contributed by atoms with Gasteiger partial charge in [0.2, 0.25) is 0 Å². The minimum Gasteiger partial charge on any atom is -0.494 e. The number of benzene rings is 2. The number of amides is 1. The number of rotatable bonds is 9. The lowest BCUT2D eigenvalue weighted by atomic mass is 10.1. The van der Waals surface area contributed by atoms with Gasteiger partial charge < -0.3 is 4.74 Å². The molecule has 0 radical (unpaired) electrons. The van der Waals surface area contributed by atoms with Crippen LogP contribution in [0.15, 0.2) is 53.6 Å². The summed E-state index contributed by atoms with van der Waals surface area (Å²) in [6.45, 7) is 4.93. The van der Waals surface area contributed by atoms with E-state index in [0.29, 0.717) is 5.56 Å². The molecule has 2 rings (SSSR count). The number of carbonyl (C=O) groups excluding carboxylic acids is 1. The lowest BCUT2D eigenvalue weighted by Gasteiger charge is -2.06. The third kappa shape index (κ3) is 6.79. The van der Waals surface area contributed by atoms with Gasteiger partial charge in [-0.05, 0) is 55.3 Å². The van der Waals surface area contributed by atoms with Gasteiger partial charge in [-0.2, -0.15) is 5.10 Å². The molecule has 132 valence electrons. The first-order valence-electron chi connectivity index (χ1n) is 8.82. The van der Waals surface area contributed by atoms with Crippen LogP contribution in [0.4, 0.5) is 0 Å². The Morgan fingerprint density at radius 1 is 1.04 bits per heavy atom. The summed E-state index contributed by atoms with van der Waals surface area (Å²) in [5, 5.41) is 4.00. The van der Waals surface area contributed by atoms with Crippen molar-refractivity contribution in [1.29, 1.82) is 0 Å². The monoisotopic (exact) mass is 338 g/mol. The van der Waals surface area contributed by atoms with Crippen molar-refractivity contribution in [3.05, 3.63) is 65.2 Å². The normalized spacial score (nSPS) is 10.8. The number of hydrazone groups is 1. The second-order valence-corrected chi connectivity index (χ2v) is 6.04. The van der Waals surface area contributed by atoms with Gasteiger partial charge in [-0.3, -0.25) is 4.79 Å². The Bertz CT molecular complexity index is 676. The predicted octanol–water partition coefficient (Wildman–Crippen LogP) is 4.72. The molecular weight excluding hydrogens is 312 g/mol. The van der Waals surface area contributed by atoms with Gasteiger partial charge >= 0.3 is 0 Å². The zero-order valence-corrected chi connectivity index (χ0v) is 15.0. The van der Waals surface area contributed by atoms with Crippen molar-refractivity contribution < 1.29 is 9.53 Å². The Kier molecular flexibility index (Phi) is 7.70. The van der Waals surface area contributed by atoms with Crippen LogP contribution < -0.4 is 10.2 Å². The highest BCUT2D eigenvalue weighted by Gasteiger charge is 2.02. The first-order chi connectivity index (χ1) is 12.2. The van der Waals surface area contributed by atoms with E-state index in [1.54, 1.807) is 18.3 Å². The molecular formula is C21H26N2O2. The first-order valence-corrected chi connectivity index (χ1v) is 8.82. The fraction of sp³-hybridized carbons (Fsp3) is 0.333. The van der Waals surface area contributed by atoms with Crippen LogP contribution in [0.2, 0.25) is 0 Å². The third-order valence-electron chi connectivity index (χ3n) is 3.84. The second-order valence-electron chi connectivity index (χ2n) is 6.04. The number of unbranched alkanes of at least 4 members (excludes halogenated alkanes) is 3. The topological polar surface area (TPSA) is 50.7 Å². The van der Waals surface area contributed by atoms with Crippen molar-refractivity contribution >= 4 is 12.1 Å². The van der Waals surface area contributed by atoms with Gasteiger partial charge in [0.15, 0.2) is 0 Å². The van der Waals surface area contributed by atoms with Gasteiger partial charge in [0.1, 0.15) is 5.75 Å². The average Bonchev–Trinajstić information content (AvgIpc) is 2.63. The fourth-order valence-electron chi connectivity index (χ4n) is 2.30. The van der Waals surface area contributed by atoms with Crippen LogP contribution in [-0.2, 0) is 0 Å². The van der Waals surface area contributed by atoms with Crippen LogP contribution in [-0.4, -0.2) is 18.7 Å². The van der Waals surface area contributed by atoms with E-state index in [1.807, 2.05) is 43.3 Å². The Morgan fingerprint density at radius 2 is 1.76 bits per heavy atom. The highest BCUT2D eigenvalue weighted by Crippen LogP contribution is 2.12. The molecule has 2 aromatic rings. The third-order valence-corrected chi connectivity index (χ3v) is 3.84. The van der Waals surface area contributed by atoms with Gasteiger partial charge in [-0.15, -0.1) is 0 Å². The summed E-state index contributed by atoms with van der Waals surface area (Å²) in [7, 11) is 0. The van der Waals surface area contributed by atoms with E-state index < -0.39 is 0 Å². The quantitative estimate of drug-likeness (QED) is 0.409. The Morgan fingerprint density at radius 3 is 2.44 bits per heavy atom. The van der Waals surface area contributed by atoms with Crippen LogP contribution in [0, 0.1) is 6.92 Å². The van der Waals surface area contributed by atoms with Crippen LogP contribution in [0.5, 0.6) is 5.75 Å². The number of hydrogen-bond acceptors (Lipinski definition) is 3. The van der Waals surface area contributed by atoms with E-state index >= 15 is 0 Å². The zero-order valence-electron chi connectivity index (χ0n) is 15.0. The largest absolute Gasteiger partial charge is 0.494 e. The number of aryl methyl sites for hydroxylation is 1. The number of carbonyl (C=O) groups is 1. The lowest BCUT2D eigenvalue weighted by Crippen LogP contribution is -2.17. The maximum atomic E-state index is 11.9. The van der Waals surface area contributed by atoms with Crippen molar-refractivity contribution in [2.45, 2.75) is 39.5 Å². The van der Waals surface area contributed by atoms with E-state index in [2.05, 4.69) is 17.5 Å². The minimum absolute atomic E-state index is 0.219. The van der Waals surface area contributed by atoms with Crippen LogP contribution >= 0.6 is 0 Å². The van der Waals surface area contributed by atoms with Crippen molar-refractivity contribution in [3.8, 4) is 5.75 Å². The smallest absolute Gasteiger partial charge is 0.271 e. The molecule has 0 aliphatic heterocycles. The number of hydrogen-bond donors (Lipinski definition) is 1.